The minimum absolute atomic E-state index is 0.0381. The predicted molar refractivity (Wildman–Crippen MR) is 106 cm³/mol. The standard InChI is InChI=1S/C21H23F3N2O3S/c22-21(23,24)18-9-5-7-16(13-18)15-25-20(27)17-8-6-10-19(14-17)30(28,29)26-11-3-1-2-4-12-26/h5-10,13-14H,1-4,11-12,15H2,(H,25,27). The van der Waals surface area contributed by atoms with Crippen molar-refractivity contribution in [1.29, 1.82) is 0 Å². The quantitative estimate of drug-likeness (QED) is 0.758. The first-order chi connectivity index (χ1) is 14.2. The molecule has 0 spiro atoms. The van der Waals surface area contributed by atoms with E-state index < -0.39 is 27.7 Å². The Kier molecular flexibility index (Phi) is 6.82. The lowest BCUT2D eigenvalue weighted by Gasteiger charge is -2.20. The Bertz CT molecular complexity index is 999. The highest BCUT2D eigenvalue weighted by atomic mass is 32.2. The highest BCUT2D eigenvalue weighted by molar-refractivity contribution is 7.89. The number of rotatable bonds is 5. The molecule has 1 aliphatic rings. The van der Waals surface area contributed by atoms with Crippen LogP contribution in [0.4, 0.5) is 13.2 Å². The number of hydrogen-bond donors (Lipinski definition) is 1. The number of carbonyl (C=O) groups excluding carboxylic acids is 1. The molecule has 30 heavy (non-hydrogen) atoms. The highest BCUT2D eigenvalue weighted by Crippen LogP contribution is 2.29. The van der Waals surface area contributed by atoms with Crippen LogP contribution in [-0.2, 0) is 22.7 Å². The number of benzene rings is 2. The number of halogens is 3. The predicted octanol–water partition coefficient (Wildman–Crippen LogP) is 4.20. The smallest absolute Gasteiger partial charge is 0.348 e. The summed E-state index contributed by atoms with van der Waals surface area (Å²) < 4.78 is 65.7. The molecule has 162 valence electrons. The first kappa shape index (κ1) is 22.3. The van der Waals surface area contributed by atoms with Crippen LogP contribution < -0.4 is 5.32 Å². The summed E-state index contributed by atoms with van der Waals surface area (Å²) in [5.74, 6) is -0.555. The van der Waals surface area contributed by atoms with Crippen molar-refractivity contribution in [2.75, 3.05) is 13.1 Å². The van der Waals surface area contributed by atoms with E-state index in [2.05, 4.69) is 5.32 Å². The van der Waals surface area contributed by atoms with E-state index in [9.17, 15) is 26.4 Å². The summed E-state index contributed by atoms with van der Waals surface area (Å²) in [5.41, 5.74) is -0.357. The highest BCUT2D eigenvalue weighted by Gasteiger charge is 2.30. The summed E-state index contributed by atoms with van der Waals surface area (Å²) in [7, 11) is -3.70. The summed E-state index contributed by atoms with van der Waals surface area (Å²) in [6.45, 7) is 0.800. The van der Waals surface area contributed by atoms with Gasteiger partial charge in [-0.05, 0) is 48.7 Å². The largest absolute Gasteiger partial charge is 0.416 e. The van der Waals surface area contributed by atoms with Crippen molar-refractivity contribution in [2.24, 2.45) is 0 Å². The van der Waals surface area contributed by atoms with E-state index in [0.29, 0.717) is 18.7 Å². The molecule has 5 nitrogen and oxygen atoms in total. The fourth-order valence-corrected chi connectivity index (χ4v) is 4.93. The van der Waals surface area contributed by atoms with Crippen LogP contribution in [0.5, 0.6) is 0 Å². The van der Waals surface area contributed by atoms with Crippen molar-refractivity contribution >= 4 is 15.9 Å². The van der Waals surface area contributed by atoms with Gasteiger partial charge in [0.15, 0.2) is 0 Å². The van der Waals surface area contributed by atoms with Gasteiger partial charge in [-0.2, -0.15) is 17.5 Å². The van der Waals surface area contributed by atoms with Crippen molar-refractivity contribution in [3.8, 4) is 0 Å². The Balaban J connectivity index is 1.72. The minimum atomic E-state index is -4.46. The molecular weight excluding hydrogens is 417 g/mol. The molecule has 1 amide bonds. The van der Waals surface area contributed by atoms with Crippen LogP contribution in [0.15, 0.2) is 53.4 Å². The summed E-state index contributed by atoms with van der Waals surface area (Å²) in [6.07, 6.45) is -0.878. The molecule has 0 bridgehead atoms. The van der Waals surface area contributed by atoms with Gasteiger partial charge in [-0.25, -0.2) is 8.42 Å². The summed E-state index contributed by atoms with van der Waals surface area (Å²) in [4.78, 5) is 12.5. The first-order valence-corrected chi connectivity index (χ1v) is 11.2. The Hall–Kier alpha value is -2.39. The number of hydrogen-bond acceptors (Lipinski definition) is 3. The van der Waals surface area contributed by atoms with Crippen molar-refractivity contribution in [1.82, 2.24) is 9.62 Å². The van der Waals surface area contributed by atoms with E-state index in [1.807, 2.05) is 0 Å². The van der Waals surface area contributed by atoms with Crippen LogP contribution in [0.25, 0.3) is 0 Å². The van der Waals surface area contributed by atoms with Crippen molar-refractivity contribution in [2.45, 2.75) is 43.3 Å². The van der Waals surface area contributed by atoms with Gasteiger partial charge in [0.2, 0.25) is 10.0 Å². The van der Waals surface area contributed by atoms with Crippen LogP contribution in [0.3, 0.4) is 0 Å². The lowest BCUT2D eigenvalue weighted by atomic mass is 10.1. The third-order valence-electron chi connectivity index (χ3n) is 5.01. The number of carbonyl (C=O) groups is 1. The molecule has 0 saturated carbocycles. The normalized spacial score (nSPS) is 16.1. The monoisotopic (exact) mass is 440 g/mol. The molecule has 2 aromatic carbocycles. The zero-order valence-corrected chi connectivity index (χ0v) is 17.1. The number of nitrogens with zero attached hydrogens (tertiary/aromatic N) is 1. The topological polar surface area (TPSA) is 66.5 Å². The summed E-state index contributed by atoms with van der Waals surface area (Å²) in [5, 5.41) is 2.55. The van der Waals surface area contributed by atoms with Crippen LogP contribution >= 0.6 is 0 Å². The van der Waals surface area contributed by atoms with Crippen LogP contribution in [0, 0.1) is 0 Å². The Morgan fingerprint density at radius 2 is 1.63 bits per heavy atom. The number of alkyl halides is 3. The molecule has 0 atom stereocenters. The molecular formula is C21H23F3N2O3S. The van der Waals surface area contributed by atoms with E-state index in [-0.39, 0.29) is 17.0 Å². The van der Waals surface area contributed by atoms with Crippen LogP contribution in [0.2, 0.25) is 0 Å². The van der Waals surface area contributed by atoms with Gasteiger partial charge in [-0.15, -0.1) is 0 Å². The Labute approximate surface area is 173 Å². The second-order valence-electron chi connectivity index (χ2n) is 7.23. The second-order valence-corrected chi connectivity index (χ2v) is 9.16. The second kappa shape index (κ2) is 9.18. The average molecular weight is 440 g/mol. The average Bonchev–Trinajstić information content (AvgIpc) is 3.02. The molecule has 1 fully saturated rings. The molecule has 1 N–H and O–H groups in total. The number of sulfonamides is 1. The van der Waals surface area contributed by atoms with E-state index in [1.165, 1.54) is 40.7 Å². The fourth-order valence-electron chi connectivity index (χ4n) is 3.37. The van der Waals surface area contributed by atoms with Gasteiger partial charge in [-0.3, -0.25) is 4.79 Å². The molecule has 0 aliphatic carbocycles. The fraction of sp³-hybridized carbons (Fsp3) is 0.381. The maximum absolute atomic E-state index is 12.9. The Morgan fingerprint density at radius 3 is 2.30 bits per heavy atom. The number of nitrogens with one attached hydrogen (secondary N) is 1. The number of amides is 1. The van der Waals surface area contributed by atoms with Crippen LogP contribution in [-0.4, -0.2) is 31.7 Å². The third kappa shape index (κ3) is 5.40. The van der Waals surface area contributed by atoms with Gasteiger partial charge in [0.05, 0.1) is 10.5 Å². The van der Waals surface area contributed by atoms with Crippen molar-refractivity contribution in [3.05, 3.63) is 65.2 Å². The molecule has 1 saturated heterocycles. The summed E-state index contributed by atoms with van der Waals surface area (Å²) >= 11 is 0. The zero-order valence-electron chi connectivity index (χ0n) is 16.3. The lowest BCUT2D eigenvalue weighted by molar-refractivity contribution is -0.137. The maximum Gasteiger partial charge on any atom is 0.416 e. The lowest BCUT2D eigenvalue weighted by Crippen LogP contribution is -2.32. The molecule has 3 rings (SSSR count). The van der Waals surface area contributed by atoms with Gasteiger partial charge >= 0.3 is 6.18 Å². The third-order valence-corrected chi connectivity index (χ3v) is 6.90. The van der Waals surface area contributed by atoms with E-state index in [4.69, 9.17) is 0 Å². The molecule has 9 heteroatoms. The Morgan fingerprint density at radius 1 is 0.967 bits per heavy atom. The maximum atomic E-state index is 12.9. The molecule has 2 aromatic rings. The molecule has 1 aliphatic heterocycles. The summed E-state index contributed by atoms with van der Waals surface area (Å²) in [6, 6.07) is 10.4. The van der Waals surface area contributed by atoms with Gasteiger partial charge < -0.3 is 5.32 Å². The van der Waals surface area contributed by atoms with Crippen molar-refractivity contribution in [3.63, 3.8) is 0 Å². The van der Waals surface area contributed by atoms with Crippen LogP contribution in [0.1, 0.15) is 47.2 Å². The zero-order chi connectivity index (χ0) is 21.8. The first-order valence-electron chi connectivity index (χ1n) is 9.72. The minimum Gasteiger partial charge on any atom is -0.348 e. The van der Waals surface area contributed by atoms with E-state index in [1.54, 1.807) is 0 Å². The van der Waals surface area contributed by atoms with Crippen molar-refractivity contribution < 1.29 is 26.4 Å². The van der Waals surface area contributed by atoms with Gasteiger partial charge in [-0.1, -0.05) is 31.0 Å². The van der Waals surface area contributed by atoms with Gasteiger partial charge in [0.25, 0.3) is 5.91 Å². The molecule has 0 unspecified atom stereocenters. The van der Waals surface area contributed by atoms with E-state index >= 15 is 0 Å². The molecule has 0 aromatic heterocycles. The molecule has 0 radical (unpaired) electrons. The van der Waals surface area contributed by atoms with Gasteiger partial charge in [0, 0.05) is 25.2 Å². The SMILES string of the molecule is O=C(NCc1cccc(C(F)(F)F)c1)c1cccc(S(=O)(=O)N2CCCCCC2)c1. The van der Waals surface area contributed by atoms with E-state index in [0.717, 1.165) is 37.8 Å². The molecule has 1 heterocycles. The van der Waals surface area contributed by atoms with Gasteiger partial charge in [0.1, 0.15) is 0 Å².